The average molecular weight is 441 g/mol. The molecule has 1 aromatic rings. The molecule has 0 saturated carbocycles. The van der Waals surface area contributed by atoms with E-state index in [4.69, 9.17) is 18.9 Å². The Balaban J connectivity index is 1.63. The Labute approximate surface area is 189 Å². The molecular weight excluding hydrogens is 408 g/mol. The smallest absolute Gasteiger partial charge is 0.309 e. The van der Waals surface area contributed by atoms with Crippen LogP contribution in [0.4, 0.5) is 0 Å². The van der Waals surface area contributed by atoms with Gasteiger partial charge in [0.15, 0.2) is 0 Å². The highest BCUT2D eigenvalue weighted by Gasteiger charge is 2.69. The number of rotatable bonds is 7. The first-order chi connectivity index (χ1) is 15.2. The molecule has 4 rings (SSSR count). The van der Waals surface area contributed by atoms with Crippen LogP contribution in [0.5, 0.6) is 0 Å². The minimum absolute atomic E-state index is 0.0518. The standard InChI is InChI=1S/C26H32O6/c1-5-20-11-12-21-24(3,4)31-22-15-23(28)32-26(21,22)17-25(20,30-18(2)27)13-14-29-16-19-9-7-6-8-10-19/h5-11,21-22H,1,12-17H2,2-4H3/t21-,22+,25-,26+/m0/s1. The van der Waals surface area contributed by atoms with Crippen molar-refractivity contribution < 1.29 is 28.5 Å². The summed E-state index contributed by atoms with van der Waals surface area (Å²) in [6, 6.07) is 9.92. The van der Waals surface area contributed by atoms with E-state index in [1.165, 1.54) is 6.92 Å². The van der Waals surface area contributed by atoms with E-state index in [-0.39, 0.29) is 24.4 Å². The molecule has 2 heterocycles. The molecule has 1 spiro atoms. The van der Waals surface area contributed by atoms with E-state index in [2.05, 4.69) is 12.7 Å². The third-order valence-electron chi connectivity index (χ3n) is 7.06. The molecule has 0 radical (unpaired) electrons. The van der Waals surface area contributed by atoms with Crippen molar-refractivity contribution >= 4 is 11.9 Å². The largest absolute Gasteiger partial charge is 0.456 e. The van der Waals surface area contributed by atoms with Crippen LogP contribution in [0.3, 0.4) is 0 Å². The van der Waals surface area contributed by atoms with Gasteiger partial charge in [-0.1, -0.05) is 49.1 Å². The van der Waals surface area contributed by atoms with E-state index in [9.17, 15) is 9.59 Å². The minimum atomic E-state index is -1.01. The Morgan fingerprint density at radius 1 is 1.28 bits per heavy atom. The Kier molecular flexibility index (Phi) is 6.03. The zero-order valence-electron chi connectivity index (χ0n) is 19.1. The van der Waals surface area contributed by atoms with Gasteiger partial charge in [0.05, 0.1) is 25.2 Å². The lowest BCUT2D eigenvalue weighted by atomic mass is 9.71. The Morgan fingerprint density at radius 2 is 2.03 bits per heavy atom. The number of carbonyl (C=O) groups excluding carboxylic acids is 2. The van der Waals surface area contributed by atoms with E-state index in [0.717, 1.165) is 11.1 Å². The molecule has 6 nitrogen and oxygen atoms in total. The van der Waals surface area contributed by atoms with Gasteiger partial charge in [0, 0.05) is 25.7 Å². The van der Waals surface area contributed by atoms with Crippen molar-refractivity contribution in [1.29, 1.82) is 0 Å². The van der Waals surface area contributed by atoms with Crippen molar-refractivity contribution in [2.75, 3.05) is 6.61 Å². The predicted octanol–water partition coefficient (Wildman–Crippen LogP) is 4.28. The maximum atomic E-state index is 12.4. The lowest BCUT2D eigenvalue weighted by Crippen LogP contribution is -2.51. The quantitative estimate of drug-likeness (QED) is 0.466. The fourth-order valence-corrected chi connectivity index (χ4v) is 5.78. The number of allylic oxidation sites excluding steroid dienone is 1. The fourth-order valence-electron chi connectivity index (χ4n) is 5.78. The summed E-state index contributed by atoms with van der Waals surface area (Å²) in [7, 11) is 0. The summed E-state index contributed by atoms with van der Waals surface area (Å²) in [6.07, 6.45) is 5.06. The van der Waals surface area contributed by atoms with Crippen molar-refractivity contribution in [3.05, 3.63) is 60.2 Å². The summed E-state index contributed by atoms with van der Waals surface area (Å²) >= 11 is 0. The third-order valence-corrected chi connectivity index (χ3v) is 7.06. The Bertz CT molecular complexity index is 920. The molecular formula is C26H32O6. The maximum Gasteiger partial charge on any atom is 0.309 e. The molecule has 3 aliphatic rings. The highest BCUT2D eigenvalue weighted by molar-refractivity contribution is 5.74. The van der Waals surface area contributed by atoms with Crippen LogP contribution in [0.25, 0.3) is 0 Å². The number of ether oxygens (including phenoxy) is 4. The van der Waals surface area contributed by atoms with Crippen molar-refractivity contribution in [1.82, 2.24) is 0 Å². The van der Waals surface area contributed by atoms with E-state index in [1.807, 2.05) is 44.2 Å². The molecule has 2 saturated heterocycles. The molecule has 2 fully saturated rings. The monoisotopic (exact) mass is 440 g/mol. The van der Waals surface area contributed by atoms with Crippen molar-refractivity contribution in [3.8, 4) is 0 Å². The maximum absolute atomic E-state index is 12.4. The summed E-state index contributed by atoms with van der Waals surface area (Å²) in [4.78, 5) is 24.6. The van der Waals surface area contributed by atoms with Gasteiger partial charge in [-0.2, -0.15) is 0 Å². The first kappa shape index (κ1) is 22.7. The van der Waals surface area contributed by atoms with Gasteiger partial charge in [0.25, 0.3) is 0 Å². The Morgan fingerprint density at radius 3 is 2.72 bits per heavy atom. The molecule has 0 N–H and O–H groups in total. The molecule has 0 unspecified atom stereocenters. The minimum Gasteiger partial charge on any atom is -0.456 e. The van der Waals surface area contributed by atoms with Crippen molar-refractivity contribution in [3.63, 3.8) is 0 Å². The molecule has 0 aromatic heterocycles. The van der Waals surface area contributed by atoms with Gasteiger partial charge in [-0.15, -0.1) is 0 Å². The van der Waals surface area contributed by atoms with E-state index >= 15 is 0 Å². The molecule has 4 atom stereocenters. The summed E-state index contributed by atoms with van der Waals surface area (Å²) in [5.74, 6) is -0.714. The first-order valence-corrected chi connectivity index (χ1v) is 11.2. The first-order valence-electron chi connectivity index (χ1n) is 11.2. The zero-order valence-corrected chi connectivity index (χ0v) is 19.1. The lowest BCUT2D eigenvalue weighted by Gasteiger charge is -2.41. The van der Waals surface area contributed by atoms with Gasteiger partial charge in [0.1, 0.15) is 17.3 Å². The molecule has 1 aliphatic carbocycles. The summed E-state index contributed by atoms with van der Waals surface area (Å²) in [5, 5.41) is 0. The summed E-state index contributed by atoms with van der Waals surface area (Å²) < 4.78 is 24.3. The highest BCUT2D eigenvalue weighted by Crippen LogP contribution is 2.58. The van der Waals surface area contributed by atoms with Gasteiger partial charge < -0.3 is 18.9 Å². The van der Waals surface area contributed by atoms with Gasteiger partial charge in [-0.25, -0.2) is 0 Å². The molecule has 6 heteroatoms. The Hall–Kier alpha value is -2.44. The van der Waals surface area contributed by atoms with Crippen LogP contribution in [-0.2, 0) is 35.1 Å². The highest BCUT2D eigenvalue weighted by atomic mass is 16.6. The molecule has 172 valence electrons. The van der Waals surface area contributed by atoms with Crippen LogP contribution in [0.15, 0.2) is 54.6 Å². The molecule has 2 aliphatic heterocycles. The molecule has 0 amide bonds. The van der Waals surface area contributed by atoms with Crippen LogP contribution in [0, 0.1) is 5.92 Å². The van der Waals surface area contributed by atoms with Gasteiger partial charge >= 0.3 is 11.9 Å². The van der Waals surface area contributed by atoms with Crippen LogP contribution in [0.1, 0.15) is 52.0 Å². The number of hydrogen-bond acceptors (Lipinski definition) is 6. The molecule has 0 bridgehead atoms. The van der Waals surface area contributed by atoms with Crippen molar-refractivity contribution in [2.24, 2.45) is 5.92 Å². The average Bonchev–Trinajstić information content (AvgIpc) is 3.05. The van der Waals surface area contributed by atoms with Gasteiger partial charge in [0.2, 0.25) is 0 Å². The fraction of sp³-hybridized carbons (Fsp3) is 0.538. The second-order valence-corrected chi connectivity index (χ2v) is 9.55. The summed E-state index contributed by atoms with van der Waals surface area (Å²) in [6.45, 7) is 10.3. The van der Waals surface area contributed by atoms with Crippen LogP contribution < -0.4 is 0 Å². The van der Waals surface area contributed by atoms with Crippen LogP contribution >= 0.6 is 0 Å². The van der Waals surface area contributed by atoms with Gasteiger partial charge in [-0.3, -0.25) is 9.59 Å². The third kappa shape index (κ3) is 4.02. The molecule has 32 heavy (non-hydrogen) atoms. The van der Waals surface area contributed by atoms with E-state index in [0.29, 0.717) is 32.5 Å². The normalized spacial score (nSPS) is 32.8. The van der Waals surface area contributed by atoms with E-state index < -0.39 is 22.8 Å². The number of hydrogen-bond donors (Lipinski definition) is 0. The second kappa shape index (κ2) is 8.49. The van der Waals surface area contributed by atoms with Crippen LogP contribution in [0.2, 0.25) is 0 Å². The van der Waals surface area contributed by atoms with Crippen LogP contribution in [-0.4, -0.2) is 41.5 Å². The zero-order chi connectivity index (χ0) is 23.0. The SMILES string of the molecule is C=CC1=CC[C@H]2C(C)(C)O[C@@H]3CC(=O)O[C@@]32C[C@]1(CCOCc1ccccc1)OC(C)=O. The van der Waals surface area contributed by atoms with Crippen molar-refractivity contribution in [2.45, 2.75) is 76.0 Å². The number of carbonyl (C=O) groups is 2. The second-order valence-electron chi connectivity index (χ2n) is 9.55. The topological polar surface area (TPSA) is 71.1 Å². The van der Waals surface area contributed by atoms with Gasteiger partial charge in [-0.05, 0) is 31.4 Å². The summed E-state index contributed by atoms with van der Waals surface area (Å²) in [5.41, 5.74) is -0.423. The predicted molar refractivity (Wildman–Crippen MR) is 119 cm³/mol. The lowest BCUT2D eigenvalue weighted by molar-refractivity contribution is -0.170. The molecule has 1 aromatic carbocycles. The number of esters is 2. The number of benzene rings is 1. The van der Waals surface area contributed by atoms with E-state index in [1.54, 1.807) is 6.08 Å².